The molecule has 4 fully saturated rings. The summed E-state index contributed by atoms with van der Waals surface area (Å²) in [6.07, 6.45) is 3.09. The van der Waals surface area contributed by atoms with Crippen molar-refractivity contribution < 1.29 is 14.3 Å². The SMILES string of the molecule is C=CCN1C(=O)C2C3CC(C)(C4OC34)C2C1=O. The second-order valence-corrected chi connectivity index (χ2v) is 5.97. The Balaban J connectivity index is 1.77. The second-order valence-electron chi connectivity index (χ2n) is 5.97. The molecule has 2 saturated heterocycles. The number of hydrogen-bond acceptors (Lipinski definition) is 3. The van der Waals surface area contributed by atoms with E-state index in [0.29, 0.717) is 6.54 Å². The van der Waals surface area contributed by atoms with Gasteiger partial charge in [0.1, 0.15) is 0 Å². The van der Waals surface area contributed by atoms with Crippen LogP contribution in [0.25, 0.3) is 0 Å². The standard InChI is InChI=1S/C13H15NO3/c1-3-4-14-11(15)7-6-5-13(2,8(7)12(14)16)10-9(6)17-10/h3,6-10H,1,4-5H2,2H3. The van der Waals surface area contributed by atoms with Gasteiger partial charge in [0, 0.05) is 17.9 Å². The molecular weight excluding hydrogens is 218 g/mol. The number of carbonyl (C=O) groups is 2. The van der Waals surface area contributed by atoms with Crippen LogP contribution in [0.4, 0.5) is 0 Å². The molecule has 90 valence electrons. The molecule has 0 aromatic rings. The van der Waals surface area contributed by atoms with Crippen LogP contribution in [0.2, 0.25) is 0 Å². The average molecular weight is 233 g/mol. The van der Waals surface area contributed by atoms with Gasteiger partial charge in [-0.25, -0.2) is 0 Å². The van der Waals surface area contributed by atoms with Crippen molar-refractivity contribution in [3.8, 4) is 0 Å². The summed E-state index contributed by atoms with van der Waals surface area (Å²) < 4.78 is 5.63. The Kier molecular flexibility index (Phi) is 1.52. The van der Waals surface area contributed by atoms with Gasteiger partial charge in [0.05, 0.1) is 24.0 Å². The number of hydrogen-bond donors (Lipinski definition) is 0. The molecule has 2 saturated carbocycles. The molecule has 2 heterocycles. The first-order valence-electron chi connectivity index (χ1n) is 6.21. The van der Waals surface area contributed by atoms with Gasteiger partial charge in [0.25, 0.3) is 0 Å². The Morgan fingerprint density at radius 3 is 3.00 bits per heavy atom. The van der Waals surface area contributed by atoms with Gasteiger partial charge in [0.15, 0.2) is 0 Å². The van der Waals surface area contributed by atoms with Gasteiger partial charge in [-0.1, -0.05) is 13.0 Å². The van der Waals surface area contributed by atoms with Crippen molar-refractivity contribution in [1.29, 1.82) is 0 Å². The molecular formula is C13H15NO3. The molecule has 2 aliphatic heterocycles. The van der Waals surface area contributed by atoms with E-state index in [0.717, 1.165) is 6.42 Å². The highest BCUT2D eigenvalue weighted by atomic mass is 16.6. The average Bonchev–Trinajstić information content (AvgIpc) is 2.92. The summed E-state index contributed by atoms with van der Waals surface area (Å²) in [5.74, 6) is 0.0302. The Morgan fingerprint density at radius 2 is 2.29 bits per heavy atom. The lowest BCUT2D eigenvalue weighted by Gasteiger charge is -2.27. The highest BCUT2D eigenvalue weighted by molar-refractivity contribution is 6.06. The third-order valence-electron chi connectivity index (χ3n) is 5.20. The van der Waals surface area contributed by atoms with Gasteiger partial charge in [0.2, 0.25) is 11.8 Å². The number of amides is 2. The number of nitrogens with zero attached hydrogens (tertiary/aromatic N) is 1. The largest absolute Gasteiger partial charge is 0.369 e. The van der Waals surface area contributed by atoms with Gasteiger partial charge in [-0.15, -0.1) is 6.58 Å². The number of likely N-dealkylation sites (tertiary alicyclic amines) is 1. The van der Waals surface area contributed by atoms with Gasteiger partial charge in [-0.2, -0.15) is 0 Å². The summed E-state index contributed by atoms with van der Waals surface area (Å²) in [5.41, 5.74) is -0.0946. The van der Waals surface area contributed by atoms with E-state index in [9.17, 15) is 9.59 Å². The monoisotopic (exact) mass is 233 g/mol. The van der Waals surface area contributed by atoms with Crippen LogP contribution in [0, 0.1) is 23.2 Å². The fourth-order valence-corrected chi connectivity index (χ4v) is 4.54. The van der Waals surface area contributed by atoms with Crippen LogP contribution in [0.3, 0.4) is 0 Å². The minimum absolute atomic E-state index is 0.00106. The fourth-order valence-electron chi connectivity index (χ4n) is 4.54. The number of carbonyl (C=O) groups excluding carboxylic acids is 2. The summed E-state index contributed by atoms with van der Waals surface area (Å²) in [4.78, 5) is 26.0. The molecule has 2 amide bonds. The van der Waals surface area contributed by atoms with Crippen molar-refractivity contribution in [3.63, 3.8) is 0 Å². The maximum atomic E-state index is 12.3. The van der Waals surface area contributed by atoms with E-state index in [4.69, 9.17) is 4.74 Å². The predicted octanol–water partition coefficient (Wildman–Crippen LogP) is 0.581. The van der Waals surface area contributed by atoms with Crippen LogP contribution >= 0.6 is 0 Å². The van der Waals surface area contributed by atoms with Crippen molar-refractivity contribution in [1.82, 2.24) is 4.90 Å². The van der Waals surface area contributed by atoms with E-state index in [1.807, 2.05) is 0 Å². The first-order valence-corrected chi connectivity index (χ1v) is 6.21. The number of imide groups is 1. The highest BCUT2D eigenvalue weighted by Gasteiger charge is 2.78. The molecule has 0 spiro atoms. The van der Waals surface area contributed by atoms with E-state index >= 15 is 0 Å². The minimum Gasteiger partial charge on any atom is -0.369 e. The molecule has 6 unspecified atom stereocenters. The van der Waals surface area contributed by atoms with Crippen molar-refractivity contribution in [2.24, 2.45) is 23.2 Å². The zero-order chi connectivity index (χ0) is 11.9. The first kappa shape index (κ1) is 9.83. The molecule has 0 radical (unpaired) electrons. The molecule has 0 aromatic heterocycles. The van der Waals surface area contributed by atoms with Crippen LogP contribution in [0.5, 0.6) is 0 Å². The normalized spacial score (nSPS) is 53.9. The molecule has 4 rings (SSSR count). The Labute approximate surface area is 99.6 Å². The highest BCUT2D eigenvalue weighted by Crippen LogP contribution is 2.70. The van der Waals surface area contributed by atoms with E-state index in [1.54, 1.807) is 6.08 Å². The summed E-state index contributed by atoms with van der Waals surface area (Å²) in [7, 11) is 0. The van der Waals surface area contributed by atoms with E-state index in [1.165, 1.54) is 4.90 Å². The quantitative estimate of drug-likeness (QED) is 0.398. The smallest absolute Gasteiger partial charge is 0.234 e. The molecule has 4 aliphatic rings. The van der Waals surface area contributed by atoms with E-state index < -0.39 is 0 Å². The molecule has 4 heteroatoms. The molecule has 6 atom stereocenters. The van der Waals surface area contributed by atoms with Crippen LogP contribution in [-0.4, -0.2) is 35.5 Å². The lowest BCUT2D eigenvalue weighted by molar-refractivity contribution is -0.141. The summed E-state index contributed by atoms with van der Waals surface area (Å²) in [5, 5.41) is 0. The molecule has 0 N–H and O–H groups in total. The Bertz CT molecular complexity index is 460. The van der Waals surface area contributed by atoms with Gasteiger partial charge in [-0.05, 0) is 6.42 Å². The number of rotatable bonds is 2. The number of epoxide rings is 1. The maximum absolute atomic E-state index is 12.3. The van der Waals surface area contributed by atoms with Crippen molar-refractivity contribution >= 4 is 11.8 Å². The third kappa shape index (κ3) is 0.876. The van der Waals surface area contributed by atoms with Gasteiger partial charge in [-0.3, -0.25) is 14.5 Å². The molecule has 2 aliphatic carbocycles. The van der Waals surface area contributed by atoms with Gasteiger partial charge < -0.3 is 4.74 Å². The van der Waals surface area contributed by atoms with Crippen LogP contribution in [-0.2, 0) is 14.3 Å². The number of ether oxygens (including phenoxy) is 1. The Morgan fingerprint density at radius 1 is 1.53 bits per heavy atom. The zero-order valence-electron chi connectivity index (χ0n) is 9.76. The fraction of sp³-hybridized carbons (Fsp3) is 0.692. The van der Waals surface area contributed by atoms with Crippen LogP contribution in [0.15, 0.2) is 12.7 Å². The molecule has 2 bridgehead atoms. The summed E-state index contributed by atoms with van der Waals surface area (Å²) in [6.45, 7) is 6.08. The maximum Gasteiger partial charge on any atom is 0.234 e. The number of fused-ring (bicyclic) bond motifs is 8. The topological polar surface area (TPSA) is 49.9 Å². The molecule has 4 nitrogen and oxygen atoms in total. The minimum atomic E-state index is -0.135. The zero-order valence-corrected chi connectivity index (χ0v) is 9.76. The van der Waals surface area contributed by atoms with Crippen molar-refractivity contribution in [2.75, 3.05) is 6.54 Å². The van der Waals surface area contributed by atoms with E-state index in [2.05, 4.69) is 13.5 Å². The van der Waals surface area contributed by atoms with Crippen molar-refractivity contribution in [2.45, 2.75) is 25.6 Å². The van der Waals surface area contributed by atoms with Crippen LogP contribution < -0.4 is 0 Å². The Hall–Kier alpha value is -1.16. The molecule has 0 aromatic carbocycles. The molecule has 17 heavy (non-hydrogen) atoms. The van der Waals surface area contributed by atoms with E-state index in [-0.39, 0.29) is 47.2 Å². The second kappa shape index (κ2) is 2.64. The first-order chi connectivity index (χ1) is 8.09. The predicted molar refractivity (Wildman–Crippen MR) is 58.8 cm³/mol. The van der Waals surface area contributed by atoms with Crippen LogP contribution in [0.1, 0.15) is 13.3 Å². The summed E-state index contributed by atoms with van der Waals surface area (Å²) >= 11 is 0. The lowest BCUT2D eigenvalue weighted by atomic mass is 9.72. The van der Waals surface area contributed by atoms with Gasteiger partial charge >= 0.3 is 0 Å². The summed E-state index contributed by atoms with van der Waals surface area (Å²) in [6, 6.07) is 0. The lowest BCUT2D eigenvalue weighted by Crippen LogP contribution is -2.38. The third-order valence-corrected chi connectivity index (χ3v) is 5.20. The van der Waals surface area contributed by atoms with Crippen molar-refractivity contribution in [3.05, 3.63) is 12.7 Å².